The summed E-state index contributed by atoms with van der Waals surface area (Å²) in [5.74, 6) is -0.644. The molecule has 1 aromatic heterocycles. The molecule has 0 aliphatic carbocycles. The summed E-state index contributed by atoms with van der Waals surface area (Å²) >= 11 is 0. The van der Waals surface area contributed by atoms with E-state index in [1.54, 1.807) is 30.6 Å². The number of aromatic nitrogens is 2. The van der Waals surface area contributed by atoms with E-state index in [1.807, 2.05) is 0 Å². The summed E-state index contributed by atoms with van der Waals surface area (Å²) in [6.45, 7) is 1.27. The zero-order chi connectivity index (χ0) is 16.3. The molecule has 0 spiro atoms. The number of nitrogens with zero attached hydrogens (tertiary/aromatic N) is 2. The van der Waals surface area contributed by atoms with Crippen molar-refractivity contribution >= 4 is 11.6 Å². The van der Waals surface area contributed by atoms with Crippen molar-refractivity contribution in [2.75, 3.05) is 25.1 Å². The van der Waals surface area contributed by atoms with E-state index in [0.29, 0.717) is 37.4 Å². The van der Waals surface area contributed by atoms with E-state index >= 15 is 0 Å². The van der Waals surface area contributed by atoms with Crippen LogP contribution in [0.4, 0.5) is 10.1 Å². The standard InChI is InChI=1S/C16H19FN4O2/c17-13-10-12(2-3-14(13)21-7-1-6-19-21)20-15(22)16(11-18)4-8-23-9-5-16/h1-3,6-7,10H,4-5,8-9,11,18H2,(H,20,22). The number of hydrogen-bond acceptors (Lipinski definition) is 4. The van der Waals surface area contributed by atoms with Crippen molar-refractivity contribution in [3.63, 3.8) is 0 Å². The lowest BCUT2D eigenvalue weighted by Crippen LogP contribution is -2.46. The number of nitrogens with two attached hydrogens (primary N) is 1. The number of hydrogen-bond donors (Lipinski definition) is 2. The van der Waals surface area contributed by atoms with Gasteiger partial charge in [-0.15, -0.1) is 0 Å². The zero-order valence-electron chi connectivity index (χ0n) is 12.7. The summed E-state index contributed by atoms with van der Waals surface area (Å²) in [6, 6.07) is 6.24. The number of carbonyl (C=O) groups is 1. The van der Waals surface area contributed by atoms with Crippen molar-refractivity contribution in [3.05, 3.63) is 42.5 Å². The lowest BCUT2D eigenvalue weighted by atomic mass is 9.79. The Morgan fingerprint density at radius 2 is 2.22 bits per heavy atom. The second kappa shape index (κ2) is 6.47. The number of ether oxygens (including phenoxy) is 1. The number of nitrogens with one attached hydrogen (secondary N) is 1. The van der Waals surface area contributed by atoms with Crippen LogP contribution < -0.4 is 11.1 Å². The number of benzene rings is 1. The third-order valence-corrected chi connectivity index (χ3v) is 4.28. The van der Waals surface area contributed by atoms with Crippen molar-refractivity contribution in [1.82, 2.24) is 9.78 Å². The van der Waals surface area contributed by atoms with Crippen LogP contribution in [0.25, 0.3) is 5.69 Å². The Hall–Kier alpha value is -2.25. The van der Waals surface area contributed by atoms with E-state index in [-0.39, 0.29) is 12.5 Å². The molecule has 1 fully saturated rings. The fourth-order valence-electron chi connectivity index (χ4n) is 2.73. The summed E-state index contributed by atoms with van der Waals surface area (Å²) in [6.07, 6.45) is 4.37. The van der Waals surface area contributed by atoms with Crippen molar-refractivity contribution < 1.29 is 13.9 Å². The van der Waals surface area contributed by atoms with E-state index in [9.17, 15) is 9.18 Å². The van der Waals surface area contributed by atoms with Crippen molar-refractivity contribution in [1.29, 1.82) is 0 Å². The number of amides is 1. The van der Waals surface area contributed by atoms with Gasteiger partial charge in [0.15, 0.2) is 5.82 Å². The molecule has 1 aromatic carbocycles. The molecular weight excluding hydrogens is 299 g/mol. The molecule has 3 N–H and O–H groups in total. The van der Waals surface area contributed by atoms with E-state index < -0.39 is 11.2 Å². The Kier molecular flexibility index (Phi) is 4.40. The third-order valence-electron chi connectivity index (χ3n) is 4.28. The van der Waals surface area contributed by atoms with E-state index in [0.717, 1.165) is 0 Å². The molecule has 0 atom stereocenters. The average Bonchev–Trinajstić information content (AvgIpc) is 3.09. The minimum atomic E-state index is -0.643. The summed E-state index contributed by atoms with van der Waals surface area (Å²) in [4.78, 5) is 12.6. The summed E-state index contributed by atoms with van der Waals surface area (Å²) in [7, 11) is 0. The van der Waals surface area contributed by atoms with E-state index in [2.05, 4.69) is 10.4 Å². The van der Waals surface area contributed by atoms with Crippen LogP contribution in [0.1, 0.15) is 12.8 Å². The first-order valence-electron chi connectivity index (χ1n) is 7.53. The van der Waals surface area contributed by atoms with Crippen LogP contribution in [0, 0.1) is 11.2 Å². The highest BCUT2D eigenvalue weighted by atomic mass is 19.1. The molecule has 6 nitrogen and oxygen atoms in total. The molecule has 3 rings (SSSR count). The largest absolute Gasteiger partial charge is 0.381 e. The minimum absolute atomic E-state index is 0.186. The Labute approximate surface area is 133 Å². The lowest BCUT2D eigenvalue weighted by Gasteiger charge is -2.34. The molecule has 1 amide bonds. The van der Waals surface area contributed by atoms with E-state index in [4.69, 9.17) is 10.5 Å². The Balaban J connectivity index is 1.77. The number of halogens is 1. The molecule has 2 heterocycles. The Morgan fingerprint density at radius 1 is 1.43 bits per heavy atom. The average molecular weight is 318 g/mol. The second-order valence-electron chi connectivity index (χ2n) is 5.67. The van der Waals surface area contributed by atoms with Gasteiger partial charge in [-0.25, -0.2) is 9.07 Å². The first-order valence-corrected chi connectivity index (χ1v) is 7.53. The van der Waals surface area contributed by atoms with Crippen LogP contribution in [0.3, 0.4) is 0 Å². The first kappa shape index (κ1) is 15.6. The molecule has 0 unspecified atom stereocenters. The first-order chi connectivity index (χ1) is 11.1. The van der Waals surface area contributed by atoms with Crippen molar-refractivity contribution in [2.45, 2.75) is 12.8 Å². The summed E-state index contributed by atoms with van der Waals surface area (Å²) < 4.78 is 21.0. The SMILES string of the molecule is NCC1(C(=O)Nc2ccc(-n3cccn3)c(F)c2)CCOCC1. The molecule has 1 saturated heterocycles. The maximum absolute atomic E-state index is 14.2. The zero-order valence-corrected chi connectivity index (χ0v) is 12.7. The maximum Gasteiger partial charge on any atom is 0.232 e. The highest BCUT2D eigenvalue weighted by Crippen LogP contribution is 2.31. The van der Waals surface area contributed by atoms with Gasteiger partial charge in [-0.05, 0) is 37.1 Å². The van der Waals surface area contributed by atoms with Gasteiger partial charge in [0.25, 0.3) is 0 Å². The van der Waals surface area contributed by atoms with Crippen LogP contribution in [0.2, 0.25) is 0 Å². The Morgan fingerprint density at radius 3 is 2.83 bits per heavy atom. The van der Waals surface area contributed by atoms with Crippen molar-refractivity contribution in [2.24, 2.45) is 11.1 Å². The van der Waals surface area contributed by atoms with Gasteiger partial charge in [0, 0.05) is 37.8 Å². The summed E-state index contributed by atoms with van der Waals surface area (Å²) in [5, 5.41) is 6.77. The molecule has 0 radical (unpaired) electrons. The second-order valence-corrected chi connectivity index (χ2v) is 5.67. The normalized spacial score (nSPS) is 17.0. The fraction of sp³-hybridized carbons (Fsp3) is 0.375. The van der Waals surface area contributed by atoms with Gasteiger partial charge in [-0.2, -0.15) is 5.10 Å². The fourth-order valence-corrected chi connectivity index (χ4v) is 2.73. The molecule has 1 aliphatic heterocycles. The monoisotopic (exact) mass is 318 g/mol. The molecule has 0 saturated carbocycles. The quantitative estimate of drug-likeness (QED) is 0.899. The Bertz CT molecular complexity index is 681. The van der Waals surface area contributed by atoms with Crippen LogP contribution in [-0.4, -0.2) is 35.4 Å². The third kappa shape index (κ3) is 3.11. The molecule has 2 aromatic rings. The van der Waals surface area contributed by atoms with Crippen LogP contribution in [0.15, 0.2) is 36.7 Å². The van der Waals surface area contributed by atoms with Crippen LogP contribution in [0.5, 0.6) is 0 Å². The van der Waals surface area contributed by atoms with Gasteiger partial charge in [-0.1, -0.05) is 0 Å². The molecule has 1 aliphatic rings. The minimum Gasteiger partial charge on any atom is -0.381 e. The van der Waals surface area contributed by atoms with Gasteiger partial charge in [-0.3, -0.25) is 4.79 Å². The van der Waals surface area contributed by atoms with Gasteiger partial charge in [0.1, 0.15) is 5.69 Å². The molecule has 23 heavy (non-hydrogen) atoms. The maximum atomic E-state index is 14.2. The number of carbonyl (C=O) groups excluding carboxylic acids is 1. The topological polar surface area (TPSA) is 82.2 Å². The predicted octanol–water partition coefficient (Wildman–Crippen LogP) is 1.71. The molecule has 0 bridgehead atoms. The smallest absolute Gasteiger partial charge is 0.232 e. The lowest BCUT2D eigenvalue weighted by molar-refractivity contribution is -0.130. The molecular formula is C16H19FN4O2. The predicted molar refractivity (Wildman–Crippen MR) is 83.7 cm³/mol. The van der Waals surface area contributed by atoms with Gasteiger partial charge in [0.2, 0.25) is 5.91 Å². The number of anilines is 1. The van der Waals surface area contributed by atoms with Gasteiger partial charge < -0.3 is 15.8 Å². The van der Waals surface area contributed by atoms with Gasteiger partial charge >= 0.3 is 0 Å². The van der Waals surface area contributed by atoms with Gasteiger partial charge in [0.05, 0.1) is 5.41 Å². The van der Waals surface area contributed by atoms with Crippen LogP contribution >= 0.6 is 0 Å². The van der Waals surface area contributed by atoms with E-state index in [1.165, 1.54) is 10.7 Å². The molecule has 7 heteroatoms. The highest BCUT2D eigenvalue weighted by molar-refractivity contribution is 5.95. The summed E-state index contributed by atoms with van der Waals surface area (Å²) in [5.41, 5.74) is 5.90. The number of rotatable bonds is 4. The molecule has 122 valence electrons. The highest BCUT2D eigenvalue weighted by Gasteiger charge is 2.38. The van der Waals surface area contributed by atoms with Crippen molar-refractivity contribution in [3.8, 4) is 5.69 Å². The van der Waals surface area contributed by atoms with Crippen LogP contribution in [-0.2, 0) is 9.53 Å².